The summed E-state index contributed by atoms with van der Waals surface area (Å²) < 4.78 is 3.08. The highest BCUT2D eigenvalue weighted by atomic mass is 79.9. The van der Waals surface area contributed by atoms with E-state index in [-0.39, 0.29) is 11.0 Å². The van der Waals surface area contributed by atoms with Crippen LogP contribution in [0.2, 0.25) is 0 Å². The maximum absolute atomic E-state index is 6.65. The second-order valence-corrected chi connectivity index (χ2v) is 6.83. The third-order valence-corrected chi connectivity index (χ3v) is 5.55. The number of hydrogen-bond donors (Lipinski definition) is 1. The Bertz CT molecular complexity index is 436. The molecule has 2 rings (SSSR count). The molecule has 0 bridgehead atoms. The van der Waals surface area contributed by atoms with Gasteiger partial charge in [0, 0.05) is 19.0 Å². The van der Waals surface area contributed by atoms with Crippen LogP contribution in [0.15, 0.2) is 4.47 Å². The molecule has 0 aliphatic heterocycles. The monoisotopic (exact) mass is 299 g/mol. The molecule has 1 saturated carbocycles. The summed E-state index contributed by atoms with van der Waals surface area (Å²) in [7, 11) is 2.00. The van der Waals surface area contributed by atoms with E-state index in [9.17, 15) is 0 Å². The van der Waals surface area contributed by atoms with E-state index in [1.165, 1.54) is 18.5 Å². The van der Waals surface area contributed by atoms with Gasteiger partial charge in [-0.1, -0.05) is 20.3 Å². The molecule has 2 N–H and O–H groups in total. The quantitative estimate of drug-likeness (QED) is 0.912. The van der Waals surface area contributed by atoms with Crippen LogP contribution in [0.25, 0.3) is 0 Å². The minimum absolute atomic E-state index is 0.101. The molecule has 1 unspecified atom stereocenters. The first-order chi connectivity index (χ1) is 7.77. The fraction of sp³-hybridized carbons (Fsp3) is 0.769. The molecule has 4 heteroatoms. The average Bonchev–Trinajstić information content (AvgIpc) is 2.60. The van der Waals surface area contributed by atoms with E-state index in [0.29, 0.717) is 0 Å². The number of halogens is 1. The molecule has 0 spiro atoms. The molecule has 0 amide bonds. The Balaban J connectivity index is 2.32. The predicted octanol–water partition coefficient (Wildman–Crippen LogP) is 2.94. The second kappa shape index (κ2) is 4.09. The molecule has 1 aliphatic rings. The van der Waals surface area contributed by atoms with Crippen LogP contribution in [-0.4, -0.2) is 15.3 Å². The molecule has 1 atom stereocenters. The largest absolute Gasteiger partial charge is 0.324 e. The third-order valence-electron chi connectivity index (χ3n) is 4.52. The zero-order valence-electron chi connectivity index (χ0n) is 11.2. The highest BCUT2D eigenvalue weighted by Gasteiger charge is 2.46. The lowest BCUT2D eigenvalue weighted by Crippen LogP contribution is -2.51. The Morgan fingerprint density at radius 3 is 2.47 bits per heavy atom. The third kappa shape index (κ3) is 2.06. The molecular weight excluding hydrogens is 278 g/mol. The zero-order valence-corrected chi connectivity index (χ0v) is 12.8. The van der Waals surface area contributed by atoms with Crippen LogP contribution in [0.3, 0.4) is 0 Å². The Morgan fingerprint density at radius 2 is 2.06 bits per heavy atom. The molecule has 1 fully saturated rings. The molecule has 0 aromatic carbocycles. The summed E-state index contributed by atoms with van der Waals surface area (Å²) >= 11 is 3.63. The van der Waals surface area contributed by atoms with Gasteiger partial charge in [-0.3, -0.25) is 4.68 Å². The van der Waals surface area contributed by atoms with Crippen molar-refractivity contribution in [2.75, 3.05) is 0 Å². The van der Waals surface area contributed by atoms with Gasteiger partial charge in [-0.15, -0.1) is 0 Å². The standard InChI is InChI=1S/C13H22BrN3/c1-9-11(14)10(17(4)16-9)8-13(15)7-5-6-12(13,2)3/h5-8,15H2,1-4H3. The summed E-state index contributed by atoms with van der Waals surface area (Å²) in [4.78, 5) is 0. The van der Waals surface area contributed by atoms with Gasteiger partial charge >= 0.3 is 0 Å². The van der Waals surface area contributed by atoms with E-state index >= 15 is 0 Å². The number of nitrogens with two attached hydrogens (primary N) is 1. The summed E-state index contributed by atoms with van der Waals surface area (Å²) in [6, 6.07) is 0. The van der Waals surface area contributed by atoms with Gasteiger partial charge in [0.05, 0.1) is 15.9 Å². The highest BCUT2D eigenvalue weighted by Crippen LogP contribution is 2.46. The van der Waals surface area contributed by atoms with Crippen LogP contribution in [-0.2, 0) is 13.5 Å². The zero-order chi connectivity index (χ0) is 12.8. The number of rotatable bonds is 2. The topological polar surface area (TPSA) is 43.8 Å². The first kappa shape index (κ1) is 13.1. The lowest BCUT2D eigenvalue weighted by molar-refractivity contribution is 0.203. The summed E-state index contributed by atoms with van der Waals surface area (Å²) in [5.41, 5.74) is 9.03. The summed E-state index contributed by atoms with van der Waals surface area (Å²) in [6.45, 7) is 6.60. The van der Waals surface area contributed by atoms with Crippen LogP contribution in [0.4, 0.5) is 0 Å². The number of nitrogens with zero attached hydrogens (tertiary/aromatic N) is 2. The summed E-state index contributed by atoms with van der Waals surface area (Å²) in [6.07, 6.45) is 4.46. The maximum atomic E-state index is 6.65. The minimum atomic E-state index is -0.101. The van der Waals surface area contributed by atoms with Gasteiger partial charge in [0.15, 0.2) is 0 Å². The van der Waals surface area contributed by atoms with Crippen LogP contribution in [0.1, 0.15) is 44.5 Å². The van der Waals surface area contributed by atoms with Gasteiger partial charge in [0.25, 0.3) is 0 Å². The smallest absolute Gasteiger partial charge is 0.0738 e. The molecule has 3 nitrogen and oxygen atoms in total. The molecule has 1 aromatic rings. The van der Waals surface area contributed by atoms with Gasteiger partial charge in [-0.05, 0) is 41.1 Å². The van der Waals surface area contributed by atoms with Crippen LogP contribution >= 0.6 is 15.9 Å². The lowest BCUT2D eigenvalue weighted by atomic mass is 9.73. The van der Waals surface area contributed by atoms with Crippen LogP contribution in [0, 0.1) is 12.3 Å². The van der Waals surface area contributed by atoms with E-state index in [0.717, 1.165) is 23.0 Å². The second-order valence-electron chi connectivity index (χ2n) is 6.04. The van der Waals surface area contributed by atoms with Crippen molar-refractivity contribution in [3.8, 4) is 0 Å². The van der Waals surface area contributed by atoms with E-state index in [1.807, 2.05) is 18.7 Å². The Labute approximate surface area is 112 Å². The first-order valence-electron chi connectivity index (χ1n) is 6.24. The van der Waals surface area contributed by atoms with Crippen molar-refractivity contribution in [3.63, 3.8) is 0 Å². The van der Waals surface area contributed by atoms with Crippen molar-refractivity contribution in [1.29, 1.82) is 0 Å². The number of aryl methyl sites for hydroxylation is 2. The Hall–Kier alpha value is -0.350. The number of aromatic nitrogens is 2. The van der Waals surface area contributed by atoms with Gasteiger partial charge in [0.1, 0.15) is 0 Å². The SMILES string of the molecule is Cc1nn(C)c(CC2(N)CCCC2(C)C)c1Br. The van der Waals surface area contributed by atoms with Gasteiger partial charge in [0.2, 0.25) is 0 Å². The maximum Gasteiger partial charge on any atom is 0.0738 e. The van der Waals surface area contributed by atoms with Gasteiger partial charge < -0.3 is 5.73 Å². The normalized spacial score (nSPS) is 27.6. The van der Waals surface area contributed by atoms with E-state index < -0.39 is 0 Å². The molecule has 1 heterocycles. The van der Waals surface area contributed by atoms with Gasteiger partial charge in [-0.2, -0.15) is 5.10 Å². The Kier molecular flexibility index (Phi) is 3.15. The molecule has 96 valence electrons. The van der Waals surface area contributed by atoms with Crippen LogP contribution in [0.5, 0.6) is 0 Å². The molecule has 0 saturated heterocycles. The summed E-state index contributed by atoms with van der Waals surface area (Å²) in [5, 5.41) is 4.45. The highest BCUT2D eigenvalue weighted by molar-refractivity contribution is 9.10. The van der Waals surface area contributed by atoms with E-state index in [1.54, 1.807) is 0 Å². The Morgan fingerprint density at radius 1 is 1.41 bits per heavy atom. The molecular formula is C13H22BrN3. The number of hydrogen-bond acceptors (Lipinski definition) is 2. The summed E-state index contributed by atoms with van der Waals surface area (Å²) in [5.74, 6) is 0. The van der Waals surface area contributed by atoms with Crippen LogP contribution < -0.4 is 5.73 Å². The van der Waals surface area contributed by atoms with Crippen molar-refractivity contribution >= 4 is 15.9 Å². The lowest BCUT2D eigenvalue weighted by Gasteiger charge is -2.38. The molecule has 1 aromatic heterocycles. The van der Waals surface area contributed by atoms with Crippen molar-refractivity contribution in [2.24, 2.45) is 18.2 Å². The van der Waals surface area contributed by atoms with Crippen molar-refractivity contribution < 1.29 is 0 Å². The van der Waals surface area contributed by atoms with Gasteiger partial charge in [-0.25, -0.2) is 0 Å². The van der Waals surface area contributed by atoms with Crippen molar-refractivity contribution in [2.45, 2.75) is 52.0 Å². The van der Waals surface area contributed by atoms with E-state index in [2.05, 4.69) is 34.9 Å². The fourth-order valence-corrected chi connectivity index (χ4v) is 3.41. The fourth-order valence-electron chi connectivity index (χ4n) is 2.93. The first-order valence-corrected chi connectivity index (χ1v) is 7.03. The van der Waals surface area contributed by atoms with Crippen molar-refractivity contribution in [3.05, 3.63) is 15.9 Å². The molecule has 0 radical (unpaired) electrons. The minimum Gasteiger partial charge on any atom is -0.324 e. The molecule has 1 aliphatic carbocycles. The average molecular weight is 300 g/mol. The molecule has 17 heavy (non-hydrogen) atoms. The predicted molar refractivity (Wildman–Crippen MR) is 73.9 cm³/mol. The van der Waals surface area contributed by atoms with Crippen molar-refractivity contribution in [1.82, 2.24) is 9.78 Å². The van der Waals surface area contributed by atoms with E-state index in [4.69, 9.17) is 5.73 Å².